The maximum Gasteiger partial charge on any atom is 0.240 e. The largest absolute Gasteiger partial charge is 0.473 e. The highest BCUT2D eigenvalue weighted by atomic mass is 35.5. The summed E-state index contributed by atoms with van der Waals surface area (Å²) < 4.78 is 9.79. The lowest BCUT2D eigenvalue weighted by Gasteiger charge is -2.15. The smallest absolute Gasteiger partial charge is 0.240 e. The van der Waals surface area contributed by atoms with E-state index in [0.29, 0.717) is 11.9 Å². The topological polar surface area (TPSA) is 69.3 Å². The van der Waals surface area contributed by atoms with Gasteiger partial charge in [-0.05, 0) is 32.4 Å². The van der Waals surface area contributed by atoms with E-state index in [2.05, 4.69) is 15.5 Å². The third-order valence-electron chi connectivity index (χ3n) is 4.43. The molecule has 2 atom stereocenters. The predicted octanol–water partition coefficient (Wildman–Crippen LogP) is 2.07. The van der Waals surface area contributed by atoms with Crippen LogP contribution >= 0.6 is 12.4 Å². The van der Waals surface area contributed by atoms with Gasteiger partial charge in [0.25, 0.3) is 0 Å². The molecule has 1 aliphatic rings. The molecule has 24 heavy (non-hydrogen) atoms. The molecule has 4 rings (SSSR count). The standard InChI is InChI=1S/C16H20N6O.ClH/c1-17-12-3-4-13(7-12)23-16-15-5-6-18-22(15)10-14(20-16)11-8-19-21(2)9-11;/h5-6,8-10,12-13,17H,3-4,7H2,1-2H3;1H/t12-,13+;/m1./s1. The summed E-state index contributed by atoms with van der Waals surface area (Å²) in [7, 11) is 3.90. The van der Waals surface area contributed by atoms with Crippen LogP contribution in [0, 0.1) is 0 Å². The van der Waals surface area contributed by atoms with Gasteiger partial charge in [-0.25, -0.2) is 9.50 Å². The van der Waals surface area contributed by atoms with Gasteiger partial charge in [-0.3, -0.25) is 4.68 Å². The lowest BCUT2D eigenvalue weighted by Crippen LogP contribution is -2.23. The number of hydrogen-bond acceptors (Lipinski definition) is 5. The number of aromatic nitrogens is 5. The fourth-order valence-electron chi connectivity index (χ4n) is 3.14. The van der Waals surface area contributed by atoms with E-state index in [0.717, 1.165) is 36.0 Å². The molecule has 0 unspecified atom stereocenters. The summed E-state index contributed by atoms with van der Waals surface area (Å²) >= 11 is 0. The Morgan fingerprint density at radius 3 is 2.83 bits per heavy atom. The highest BCUT2D eigenvalue weighted by Gasteiger charge is 2.26. The maximum atomic E-state index is 6.21. The van der Waals surface area contributed by atoms with E-state index < -0.39 is 0 Å². The highest BCUT2D eigenvalue weighted by molar-refractivity contribution is 5.85. The number of nitrogens with zero attached hydrogens (tertiary/aromatic N) is 5. The van der Waals surface area contributed by atoms with E-state index in [4.69, 9.17) is 9.72 Å². The van der Waals surface area contributed by atoms with Gasteiger partial charge in [-0.1, -0.05) is 0 Å². The Balaban J connectivity index is 0.00000169. The van der Waals surface area contributed by atoms with Gasteiger partial charge in [0.1, 0.15) is 11.6 Å². The molecule has 3 aromatic rings. The molecule has 8 heteroatoms. The van der Waals surface area contributed by atoms with Crippen molar-refractivity contribution in [2.24, 2.45) is 7.05 Å². The minimum absolute atomic E-state index is 0. The Labute approximate surface area is 146 Å². The minimum atomic E-state index is 0. The molecule has 7 nitrogen and oxygen atoms in total. The Morgan fingerprint density at radius 2 is 2.12 bits per heavy atom. The molecule has 0 bridgehead atoms. The van der Waals surface area contributed by atoms with E-state index in [1.165, 1.54) is 0 Å². The Kier molecular flexibility index (Phi) is 4.73. The van der Waals surface area contributed by atoms with Gasteiger partial charge < -0.3 is 10.1 Å². The summed E-state index contributed by atoms with van der Waals surface area (Å²) in [4.78, 5) is 4.71. The zero-order chi connectivity index (χ0) is 15.8. The monoisotopic (exact) mass is 348 g/mol. The van der Waals surface area contributed by atoms with Crippen LogP contribution in [-0.4, -0.2) is 43.6 Å². The van der Waals surface area contributed by atoms with Crippen molar-refractivity contribution in [2.75, 3.05) is 7.05 Å². The minimum Gasteiger partial charge on any atom is -0.473 e. The Bertz CT molecular complexity index is 829. The number of aryl methyl sites for hydroxylation is 1. The second-order valence-corrected chi connectivity index (χ2v) is 6.03. The first-order chi connectivity index (χ1) is 11.2. The van der Waals surface area contributed by atoms with Crippen molar-refractivity contribution in [3.8, 4) is 17.1 Å². The van der Waals surface area contributed by atoms with Crippen LogP contribution in [0.3, 0.4) is 0 Å². The van der Waals surface area contributed by atoms with Gasteiger partial charge in [0.2, 0.25) is 5.88 Å². The number of hydrogen-bond donors (Lipinski definition) is 1. The lowest BCUT2D eigenvalue weighted by molar-refractivity contribution is 0.200. The van der Waals surface area contributed by atoms with Crippen LogP contribution in [0.5, 0.6) is 5.88 Å². The highest BCUT2D eigenvalue weighted by Crippen LogP contribution is 2.28. The van der Waals surface area contributed by atoms with E-state index in [1.54, 1.807) is 17.1 Å². The molecule has 3 aromatic heterocycles. The Morgan fingerprint density at radius 1 is 1.25 bits per heavy atom. The first kappa shape index (κ1) is 16.7. The molecule has 1 aliphatic carbocycles. The number of nitrogens with one attached hydrogen (secondary N) is 1. The van der Waals surface area contributed by atoms with E-state index in [9.17, 15) is 0 Å². The van der Waals surface area contributed by atoms with E-state index >= 15 is 0 Å². The molecular weight excluding hydrogens is 328 g/mol. The summed E-state index contributed by atoms with van der Waals surface area (Å²) in [6, 6.07) is 2.46. The van der Waals surface area contributed by atoms with Crippen LogP contribution in [0.4, 0.5) is 0 Å². The molecule has 0 amide bonds. The first-order valence-corrected chi connectivity index (χ1v) is 7.90. The van der Waals surface area contributed by atoms with Crippen molar-refractivity contribution in [2.45, 2.75) is 31.4 Å². The van der Waals surface area contributed by atoms with Crippen molar-refractivity contribution >= 4 is 17.9 Å². The van der Waals surface area contributed by atoms with Crippen molar-refractivity contribution in [3.05, 3.63) is 30.9 Å². The summed E-state index contributed by atoms with van der Waals surface area (Å²) in [5, 5.41) is 11.9. The molecule has 1 fully saturated rings. The number of fused-ring (bicyclic) bond motifs is 1. The molecule has 0 saturated heterocycles. The van der Waals surface area contributed by atoms with Crippen LogP contribution < -0.4 is 10.1 Å². The third-order valence-corrected chi connectivity index (χ3v) is 4.43. The maximum absolute atomic E-state index is 6.21. The molecule has 0 aromatic carbocycles. The fourth-order valence-corrected chi connectivity index (χ4v) is 3.14. The molecule has 0 radical (unpaired) electrons. The zero-order valence-electron chi connectivity index (χ0n) is 13.7. The molecular formula is C16H21ClN6O. The van der Waals surface area contributed by atoms with Crippen LogP contribution in [0.25, 0.3) is 16.8 Å². The van der Waals surface area contributed by atoms with Gasteiger partial charge >= 0.3 is 0 Å². The summed E-state index contributed by atoms with van der Waals surface area (Å²) in [5.74, 6) is 0.644. The van der Waals surface area contributed by atoms with Gasteiger partial charge in [0, 0.05) is 24.8 Å². The Hall–Kier alpha value is -2.12. The zero-order valence-corrected chi connectivity index (χ0v) is 14.5. The van der Waals surface area contributed by atoms with Crippen LogP contribution in [-0.2, 0) is 7.05 Å². The molecule has 0 spiro atoms. The molecule has 3 heterocycles. The van der Waals surface area contributed by atoms with Crippen LogP contribution in [0.15, 0.2) is 30.9 Å². The quantitative estimate of drug-likeness (QED) is 0.781. The number of rotatable bonds is 4. The fraction of sp³-hybridized carbons (Fsp3) is 0.438. The van der Waals surface area contributed by atoms with Crippen molar-refractivity contribution in [1.29, 1.82) is 0 Å². The molecule has 1 saturated carbocycles. The molecule has 128 valence electrons. The summed E-state index contributed by atoms with van der Waals surface area (Å²) in [6.07, 6.45) is 10.8. The summed E-state index contributed by atoms with van der Waals surface area (Å²) in [6.45, 7) is 0. The van der Waals surface area contributed by atoms with Gasteiger partial charge in [-0.2, -0.15) is 10.2 Å². The van der Waals surface area contributed by atoms with Crippen molar-refractivity contribution in [1.82, 2.24) is 29.7 Å². The second-order valence-electron chi connectivity index (χ2n) is 6.03. The summed E-state index contributed by atoms with van der Waals surface area (Å²) in [5.41, 5.74) is 2.66. The average Bonchev–Trinajstić information content (AvgIpc) is 3.26. The van der Waals surface area contributed by atoms with Gasteiger partial charge in [-0.15, -0.1) is 12.4 Å². The molecule has 0 aliphatic heterocycles. The number of halogens is 1. The van der Waals surface area contributed by atoms with E-state index in [1.807, 2.05) is 37.1 Å². The van der Waals surface area contributed by atoms with Gasteiger partial charge in [0.15, 0.2) is 0 Å². The van der Waals surface area contributed by atoms with Crippen molar-refractivity contribution in [3.63, 3.8) is 0 Å². The molecule has 1 N–H and O–H groups in total. The lowest BCUT2D eigenvalue weighted by atomic mass is 10.2. The first-order valence-electron chi connectivity index (χ1n) is 7.90. The van der Waals surface area contributed by atoms with E-state index in [-0.39, 0.29) is 18.5 Å². The van der Waals surface area contributed by atoms with Crippen LogP contribution in [0.1, 0.15) is 19.3 Å². The predicted molar refractivity (Wildman–Crippen MR) is 93.6 cm³/mol. The number of ether oxygens (including phenoxy) is 1. The SMILES string of the molecule is CN[C@@H]1CC[C@H](Oc2nc(-c3cnn(C)c3)cn3nccc23)C1.Cl. The average molecular weight is 349 g/mol. The normalized spacial score (nSPS) is 20.2. The third kappa shape index (κ3) is 3.09. The van der Waals surface area contributed by atoms with Gasteiger partial charge in [0.05, 0.1) is 24.3 Å². The van der Waals surface area contributed by atoms with Crippen LogP contribution in [0.2, 0.25) is 0 Å². The second kappa shape index (κ2) is 6.78. The van der Waals surface area contributed by atoms with Crippen molar-refractivity contribution < 1.29 is 4.74 Å².